The Morgan fingerprint density at radius 1 is 1.09 bits per heavy atom. The number of benzene rings is 3. The van der Waals surface area contributed by atoms with Crippen molar-refractivity contribution in [3.8, 4) is 17.2 Å². The average Bonchev–Trinajstić information content (AvgIpc) is 3.21. The number of nitrogens with one attached hydrogen (secondary N) is 1. The SMILES string of the molecule is CCCCc1cc(COC(=O)c2cccc3nc(C)[nH]c23)ccc1-c1ccccc1C#N. The molecule has 5 heteroatoms. The van der Waals surface area contributed by atoms with E-state index in [1.165, 1.54) is 0 Å². The number of aromatic amines is 1. The van der Waals surface area contributed by atoms with Crippen LogP contribution in [-0.2, 0) is 17.8 Å². The van der Waals surface area contributed by atoms with Crippen LogP contribution in [-0.4, -0.2) is 15.9 Å². The van der Waals surface area contributed by atoms with Gasteiger partial charge in [0.2, 0.25) is 0 Å². The molecule has 4 aromatic rings. The zero-order valence-corrected chi connectivity index (χ0v) is 18.3. The maximum Gasteiger partial charge on any atom is 0.340 e. The predicted octanol–water partition coefficient (Wildman–Crippen LogP) is 6.11. The van der Waals surface area contributed by atoms with Gasteiger partial charge < -0.3 is 9.72 Å². The van der Waals surface area contributed by atoms with Crippen molar-refractivity contribution in [3.63, 3.8) is 0 Å². The number of rotatable bonds is 7. The number of unbranched alkanes of at least 4 members (excludes halogenated alkanes) is 1. The number of nitrogens with zero attached hydrogens (tertiary/aromatic N) is 2. The molecule has 0 saturated heterocycles. The third kappa shape index (κ3) is 4.40. The van der Waals surface area contributed by atoms with Gasteiger partial charge in [0.25, 0.3) is 0 Å². The van der Waals surface area contributed by atoms with Gasteiger partial charge in [-0.1, -0.05) is 55.8 Å². The third-order valence-electron chi connectivity index (χ3n) is 5.53. The molecule has 0 atom stereocenters. The number of esters is 1. The van der Waals surface area contributed by atoms with Crippen LogP contribution >= 0.6 is 0 Å². The number of hydrogen-bond donors (Lipinski definition) is 1. The molecule has 1 heterocycles. The molecular formula is C27H25N3O2. The second kappa shape index (κ2) is 9.49. The van der Waals surface area contributed by atoms with Gasteiger partial charge in [-0.3, -0.25) is 0 Å². The molecule has 0 unspecified atom stereocenters. The summed E-state index contributed by atoms with van der Waals surface area (Å²) in [5, 5.41) is 9.52. The van der Waals surface area contributed by atoms with E-state index in [2.05, 4.69) is 29.0 Å². The molecule has 5 nitrogen and oxygen atoms in total. The largest absolute Gasteiger partial charge is 0.457 e. The zero-order valence-electron chi connectivity index (χ0n) is 18.3. The molecule has 0 saturated carbocycles. The highest BCUT2D eigenvalue weighted by molar-refractivity contribution is 6.01. The molecule has 32 heavy (non-hydrogen) atoms. The number of carbonyl (C=O) groups is 1. The number of aromatic nitrogens is 2. The molecular weight excluding hydrogens is 398 g/mol. The fourth-order valence-corrected chi connectivity index (χ4v) is 3.94. The van der Waals surface area contributed by atoms with Crippen LogP contribution in [0.1, 0.15) is 52.6 Å². The molecule has 0 aliphatic rings. The Morgan fingerprint density at radius 2 is 1.94 bits per heavy atom. The molecule has 0 amide bonds. The highest BCUT2D eigenvalue weighted by atomic mass is 16.5. The molecule has 0 aliphatic heterocycles. The van der Waals surface area contributed by atoms with Crippen molar-refractivity contribution < 1.29 is 9.53 Å². The van der Waals surface area contributed by atoms with Crippen molar-refractivity contribution in [2.24, 2.45) is 0 Å². The van der Waals surface area contributed by atoms with Crippen LogP contribution in [0.2, 0.25) is 0 Å². The minimum Gasteiger partial charge on any atom is -0.457 e. The summed E-state index contributed by atoms with van der Waals surface area (Å²) < 4.78 is 5.64. The predicted molar refractivity (Wildman–Crippen MR) is 125 cm³/mol. The average molecular weight is 424 g/mol. The Bertz CT molecular complexity index is 1310. The van der Waals surface area contributed by atoms with E-state index in [0.717, 1.165) is 52.9 Å². The van der Waals surface area contributed by atoms with Crippen molar-refractivity contribution in [1.29, 1.82) is 5.26 Å². The number of para-hydroxylation sites is 1. The minimum absolute atomic E-state index is 0.182. The quantitative estimate of drug-likeness (QED) is 0.364. The number of H-pyrrole nitrogens is 1. The van der Waals surface area contributed by atoms with E-state index >= 15 is 0 Å². The standard InChI is InChI=1S/C27H25N3O2/c1-3-4-8-20-15-19(13-14-23(20)22-10-6-5-9-21(22)16-28)17-32-27(31)24-11-7-12-25-26(24)30-18(2)29-25/h5-7,9-15H,3-4,8,17H2,1-2H3,(H,29,30). The van der Waals surface area contributed by atoms with Crippen LogP contribution in [0.15, 0.2) is 60.7 Å². The summed E-state index contributed by atoms with van der Waals surface area (Å²) in [4.78, 5) is 20.3. The first kappa shape index (κ1) is 21.3. The maximum absolute atomic E-state index is 12.8. The number of carbonyl (C=O) groups excluding carboxylic acids is 1. The molecule has 1 N–H and O–H groups in total. The lowest BCUT2D eigenvalue weighted by atomic mass is 9.92. The monoisotopic (exact) mass is 423 g/mol. The highest BCUT2D eigenvalue weighted by Gasteiger charge is 2.15. The van der Waals surface area contributed by atoms with E-state index in [1.54, 1.807) is 6.07 Å². The fourth-order valence-electron chi connectivity index (χ4n) is 3.94. The highest BCUT2D eigenvalue weighted by Crippen LogP contribution is 2.29. The van der Waals surface area contributed by atoms with E-state index < -0.39 is 0 Å². The Balaban J connectivity index is 1.59. The lowest BCUT2D eigenvalue weighted by Crippen LogP contribution is -2.06. The van der Waals surface area contributed by atoms with Crippen LogP contribution in [0, 0.1) is 18.3 Å². The molecule has 0 spiro atoms. The Hall–Kier alpha value is -3.91. The van der Waals surface area contributed by atoms with Crippen molar-refractivity contribution in [3.05, 3.63) is 88.7 Å². The third-order valence-corrected chi connectivity index (χ3v) is 5.53. The molecule has 0 fully saturated rings. The summed E-state index contributed by atoms with van der Waals surface area (Å²) in [5.74, 6) is 0.377. The Morgan fingerprint density at radius 3 is 2.75 bits per heavy atom. The molecule has 4 rings (SSSR count). The molecule has 160 valence electrons. The van der Waals surface area contributed by atoms with Crippen molar-refractivity contribution in [2.75, 3.05) is 0 Å². The van der Waals surface area contributed by atoms with Crippen LogP contribution in [0.4, 0.5) is 0 Å². The van der Waals surface area contributed by atoms with Crippen molar-refractivity contribution >= 4 is 17.0 Å². The van der Waals surface area contributed by atoms with E-state index in [1.807, 2.05) is 55.5 Å². The van der Waals surface area contributed by atoms with Crippen molar-refractivity contribution in [2.45, 2.75) is 39.7 Å². The van der Waals surface area contributed by atoms with Crippen molar-refractivity contribution in [1.82, 2.24) is 9.97 Å². The van der Waals surface area contributed by atoms with Gasteiger partial charge >= 0.3 is 5.97 Å². The first-order valence-corrected chi connectivity index (χ1v) is 10.8. The smallest absolute Gasteiger partial charge is 0.340 e. The number of nitriles is 1. The lowest BCUT2D eigenvalue weighted by Gasteiger charge is -2.14. The van der Waals surface area contributed by atoms with Gasteiger partial charge in [-0.25, -0.2) is 9.78 Å². The van der Waals surface area contributed by atoms with E-state index in [4.69, 9.17) is 4.74 Å². The number of imidazole rings is 1. The molecule has 1 aromatic heterocycles. The van der Waals surface area contributed by atoms with Gasteiger partial charge in [-0.15, -0.1) is 0 Å². The van der Waals surface area contributed by atoms with Gasteiger partial charge in [0.15, 0.2) is 0 Å². The summed E-state index contributed by atoms with van der Waals surface area (Å²) in [5.41, 5.74) is 6.67. The van der Waals surface area contributed by atoms with Crippen LogP contribution in [0.5, 0.6) is 0 Å². The van der Waals surface area contributed by atoms with Crippen LogP contribution in [0.25, 0.3) is 22.2 Å². The van der Waals surface area contributed by atoms with Gasteiger partial charge in [0.05, 0.1) is 28.2 Å². The number of hydrogen-bond acceptors (Lipinski definition) is 4. The van der Waals surface area contributed by atoms with E-state index in [-0.39, 0.29) is 12.6 Å². The number of aryl methyl sites for hydroxylation is 2. The number of fused-ring (bicyclic) bond motifs is 1. The normalized spacial score (nSPS) is 10.8. The summed E-state index contributed by atoms with van der Waals surface area (Å²) in [7, 11) is 0. The summed E-state index contributed by atoms with van der Waals surface area (Å²) >= 11 is 0. The summed E-state index contributed by atoms with van der Waals surface area (Å²) in [6.45, 7) is 4.20. The Kier molecular flexibility index (Phi) is 6.32. The molecule has 0 aliphatic carbocycles. The zero-order chi connectivity index (χ0) is 22.5. The molecule has 0 radical (unpaired) electrons. The lowest BCUT2D eigenvalue weighted by molar-refractivity contribution is 0.0475. The second-order valence-corrected chi connectivity index (χ2v) is 7.85. The van der Waals surface area contributed by atoms with Crippen LogP contribution in [0.3, 0.4) is 0 Å². The fraction of sp³-hybridized carbons (Fsp3) is 0.222. The van der Waals surface area contributed by atoms with Gasteiger partial charge in [-0.05, 0) is 60.2 Å². The van der Waals surface area contributed by atoms with E-state index in [0.29, 0.717) is 16.6 Å². The van der Waals surface area contributed by atoms with Gasteiger partial charge in [-0.2, -0.15) is 5.26 Å². The van der Waals surface area contributed by atoms with Gasteiger partial charge in [0, 0.05) is 0 Å². The summed E-state index contributed by atoms with van der Waals surface area (Å²) in [6, 6.07) is 21.5. The number of ether oxygens (including phenoxy) is 1. The minimum atomic E-state index is -0.381. The first-order valence-electron chi connectivity index (χ1n) is 10.8. The second-order valence-electron chi connectivity index (χ2n) is 7.85. The topological polar surface area (TPSA) is 78.8 Å². The van der Waals surface area contributed by atoms with Gasteiger partial charge in [0.1, 0.15) is 12.4 Å². The van der Waals surface area contributed by atoms with Crippen LogP contribution < -0.4 is 0 Å². The molecule has 0 bridgehead atoms. The summed E-state index contributed by atoms with van der Waals surface area (Å²) in [6.07, 6.45) is 3.03. The Labute approximate surface area is 187 Å². The van der Waals surface area contributed by atoms with E-state index in [9.17, 15) is 10.1 Å². The first-order chi connectivity index (χ1) is 15.6. The maximum atomic E-state index is 12.8. The molecule has 3 aromatic carbocycles.